The Hall–Kier alpha value is -1.35. The zero-order valence-electron chi connectivity index (χ0n) is 8.23. The van der Waals surface area contributed by atoms with Crippen LogP contribution in [0, 0.1) is 0 Å². The number of carbonyl (C=O) groups is 1. The van der Waals surface area contributed by atoms with Gasteiger partial charge in [-0.15, -0.1) is 0 Å². The number of aryl methyl sites for hydroxylation is 1. The van der Waals surface area contributed by atoms with Crippen LogP contribution in [0.5, 0.6) is 0 Å². The van der Waals surface area contributed by atoms with Gasteiger partial charge in [-0.3, -0.25) is 4.79 Å². The lowest BCUT2D eigenvalue weighted by molar-refractivity contribution is -0.136. The van der Waals surface area contributed by atoms with Crippen LogP contribution in [0.15, 0.2) is 24.3 Å². The van der Waals surface area contributed by atoms with E-state index in [-0.39, 0.29) is 12.5 Å². The van der Waals surface area contributed by atoms with Gasteiger partial charge in [-0.2, -0.15) is 0 Å². The first-order valence-electron chi connectivity index (χ1n) is 4.66. The summed E-state index contributed by atoms with van der Waals surface area (Å²) in [6.07, 6.45) is 0.734. The van der Waals surface area contributed by atoms with Gasteiger partial charge in [0.15, 0.2) is 0 Å². The quantitative estimate of drug-likeness (QED) is 0.765. The SMILES string of the molecule is C[C@H](N)c1cccc(CCC(=O)O)c1. The van der Waals surface area contributed by atoms with Gasteiger partial charge in [0.1, 0.15) is 0 Å². The second kappa shape index (κ2) is 4.77. The molecule has 0 saturated carbocycles. The van der Waals surface area contributed by atoms with E-state index in [1.165, 1.54) is 0 Å². The average molecular weight is 193 g/mol. The topological polar surface area (TPSA) is 63.3 Å². The van der Waals surface area contributed by atoms with Crippen LogP contribution in [0.4, 0.5) is 0 Å². The van der Waals surface area contributed by atoms with E-state index in [4.69, 9.17) is 10.8 Å². The largest absolute Gasteiger partial charge is 0.481 e. The number of rotatable bonds is 4. The maximum absolute atomic E-state index is 10.4. The van der Waals surface area contributed by atoms with Crippen LogP contribution in [0.1, 0.15) is 30.5 Å². The lowest BCUT2D eigenvalue weighted by Crippen LogP contribution is -2.05. The Morgan fingerprint density at radius 1 is 1.57 bits per heavy atom. The second-order valence-corrected chi connectivity index (χ2v) is 3.43. The Labute approximate surface area is 83.6 Å². The third-order valence-electron chi connectivity index (χ3n) is 2.10. The van der Waals surface area contributed by atoms with Gasteiger partial charge in [0.05, 0.1) is 0 Å². The minimum absolute atomic E-state index is 0.000205. The van der Waals surface area contributed by atoms with Gasteiger partial charge >= 0.3 is 5.97 Å². The van der Waals surface area contributed by atoms with E-state index in [0.717, 1.165) is 11.1 Å². The van der Waals surface area contributed by atoms with Gasteiger partial charge in [-0.1, -0.05) is 24.3 Å². The molecule has 3 nitrogen and oxygen atoms in total. The van der Waals surface area contributed by atoms with E-state index >= 15 is 0 Å². The number of nitrogens with two attached hydrogens (primary N) is 1. The fourth-order valence-corrected chi connectivity index (χ4v) is 1.28. The third kappa shape index (κ3) is 3.18. The van der Waals surface area contributed by atoms with Crippen LogP contribution in [0.25, 0.3) is 0 Å². The van der Waals surface area contributed by atoms with Crippen LogP contribution in [0.3, 0.4) is 0 Å². The summed E-state index contributed by atoms with van der Waals surface area (Å²) >= 11 is 0. The fraction of sp³-hybridized carbons (Fsp3) is 0.364. The highest BCUT2D eigenvalue weighted by Crippen LogP contribution is 2.12. The Morgan fingerprint density at radius 3 is 2.86 bits per heavy atom. The zero-order chi connectivity index (χ0) is 10.6. The Morgan fingerprint density at radius 2 is 2.29 bits per heavy atom. The Kier molecular flexibility index (Phi) is 3.65. The first kappa shape index (κ1) is 10.7. The molecule has 0 saturated heterocycles. The van der Waals surface area contributed by atoms with E-state index in [1.807, 2.05) is 31.2 Å². The maximum atomic E-state index is 10.4. The monoisotopic (exact) mass is 193 g/mol. The van der Waals surface area contributed by atoms with Crippen molar-refractivity contribution < 1.29 is 9.90 Å². The molecular weight excluding hydrogens is 178 g/mol. The molecule has 3 N–H and O–H groups in total. The molecule has 1 aromatic rings. The van der Waals surface area contributed by atoms with Crippen molar-refractivity contribution in [2.24, 2.45) is 5.73 Å². The van der Waals surface area contributed by atoms with E-state index in [0.29, 0.717) is 6.42 Å². The fourth-order valence-electron chi connectivity index (χ4n) is 1.28. The van der Waals surface area contributed by atoms with Gasteiger partial charge in [0.25, 0.3) is 0 Å². The molecule has 0 radical (unpaired) electrons. The molecule has 0 heterocycles. The van der Waals surface area contributed by atoms with E-state index in [2.05, 4.69) is 0 Å². The van der Waals surface area contributed by atoms with Crippen molar-refractivity contribution in [2.75, 3.05) is 0 Å². The number of carboxylic acids is 1. The normalized spacial score (nSPS) is 12.4. The van der Waals surface area contributed by atoms with Gasteiger partial charge in [-0.25, -0.2) is 0 Å². The highest BCUT2D eigenvalue weighted by Gasteiger charge is 2.02. The van der Waals surface area contributed by atoms with Crippen LogP contribution in [0.2, 0.25) is 0 Å². The molecule has 0 amide bonds. The summed E-state index contributed by atoms with van der Waals surface area (Å²) in [6.45, 7) is 1.91. The molecule has 0 unspecified atom stereocenters. The standard InChI is InChI=1S/C11H15NO2/c1-8(12)10-4-2-3-9(7-10)5-6-11(13)14/h2-4,7-8H,5-6,12H2,1H3,(H,13,14)/t8-/m0/s1. The van der Waals surface area contributed by atoms with Crippen molar-refractivity contribution in [3.8, 4) is 0 Å². The first-order chi connectivity index (χ1) is 6.59. The van der Waals surface area contributed by atoms with Gasteiger partial charge in [-0.05, 0) is 24.5 Å². The molecule has 0 aromatic heterocycles. The summed E-state index contributed by atoms with van der Waals surface area (Å²) in [5.41, 5.74) is 7.80. The van der Waals surface area contributed by atoms with Crippen molar-refractivity contribution in [3.63, 3.8) is 0 Å². The molecular formula is C11H15NO2. The predicted octanol–water partition coefficient (Wildman–Crippen LogP) is 1.72. The smallest absolute Gasteiger partial charge is 0.303 e. The van der Waals surface area contributed by atoms with E-state index in [9.17, 15) is 4.79 Å². The lowest BCUT2D eigenvalue weighted by atomic mass is 10.0. The van der Waals surface area contributed by atoms with Gasteiger partial charge in [0.2, 0.25) is 0 Å². The molecule has 0 fully saturated rings. The molecule has 3 heteroatoms. The Bertz CT molecular complexity index is 321. The Balaban J connectivity index is 2.68. The molecule has 1 aromatic carbocycles. The van der Waals surface area contributed by atoms with E-state index in [1.54, 1.807) is 0 Å². The second-order valence-electron chi connectivity index (χ2n) is 3.43. The molecule has 0 bridgehead atoms. The maximum Gasteiger partial charge on any atom is 0.303 e. The number of carboxylic acid groups (broad SMARTS) is 1. The minimum atomic E-state index is -0.767. The molecule has 0 aliphatic rings. The summed E-state index contributed by atoms with van der Waals surface area (Å²) in [7, 11) is 0. The molecule has 14 heavy (non-hydrogen) atoms. The van der Waals surface area contributed by atoms with Crippen molar-refractivity contribution in [1.29, 1.82) is 0 Å². The first-order valence-corrected chi connectivity index (χ1v) is 4.66. The molecule has 76 valence electrons. The summed E-state index contributed by atoms with van der Waals surface area (Å²) in [6, 6.07) is 7.76. The average Bonchev–Trinajstić information content (AvgIpc) is 2.15. The minimum Gasteiger partial charge on any atom is -0.481 e. The molecule has 0 aliphatic heterocycles. The number of benzene rings is 1. The lowest BCUT2D eigenvalue weighted by Gasteiger charge is -2.07. The van der Waals surface area contributed by atoms with Gasteiger partial charge in [0, 0.05) is 12.5 Å². The predicted molar refractivity (Wildman–Crippen MR) is 55.0 cm³/mol. The summed E-state index contributed by atoms with van der Waals surface area (Å²) in [5.74, 6) is -0.767. The van der Waals surface area contributed by atoms with Crippen molar-refractivity contribution in [1.82, 2.24) is 0 Å². The summed E-state index contributed by atoms with van der Waals surface area (Å²) in [4.78, 5) is 10.4. The number of hydrogen-bond acceptors (Lipinski definition) is 2. The van der Waals surface area contributed by atoms with Gasteiger partial charge < -0.3 is 10.8 Å². The highest BCUT2D eigenvalue weighted by atomic mass is 16.4. The van der Waals surface area contributed by atoms with E-state index < -0.39 is 5.97 Å². The van der Waals surface area contributed by atoms with Crippen molar-refractivity contribution in [3.05, 3.63) is 35.4 Å². The number of aliphatic carboxylic acids is 1. The van der Waals surface area contributed by atoms with Crippen LogP contribution in [-0.2, 0) is 11.2 Å². The third-order valence-corrected chi connectivity index (χ3v) is 2.10. The molecule has 1 rings (SSSR count). The molecule has 1 atom stereocenters. The van der Waals surface area contributed by atoms with Crippen LogP contribution >= 0.6 is 0 Å². The molecule has 0 spiro atoms. The van der Waals surface area contributed by atoms with Crippen LogP contribution < -0.4 is 5.73 Å². The summed E-state index contributed by atoms with van der Waals surface area (Å²) < 4.78 is 0. The highest BCUT2D eigenvalue weighted by molar-refractivity contribution is 5.67. The summed E-state index contributed by atoms with van der Waals surface area (Å²) in [5, 5.41) is 8.53. The molecule has 0 aliphatic carbocycles. The van der Waals surface area contributed by atoms with Crippen molar-refractivity contribution in [2.45, 2.75) is 25.8 Å². The zero-order valence-corrected chi connectivity index (χ0v) is 8.23. The van der Waals surface area contributed by atoms with Crippen LogP contribution in [-0.4, -0.2) is 11.1 Å². The van der Waals surface area contributed by atoms with Crippen molar-refractivity contribution >= 4 is 5.97 Å². The number of hydrogen-bond donors (Lipinski definition) is 2.